The van der Waals surface area contributed by atoms with E-state index in [-0.39, 0.29) is 5.41 Å². The standard InChI is InChI=1S/C25H29ClN2/c1-2-28-18-17-27(19-21-9-5-3-6-10-21)20-24(28)25(15-7-4-8-16-25)22-11-13-23(26)14-12-22/h3-15,24H,2,16-20H2,1H3/t24-,25?/m1/s1. The zero-order valence-electron chi connectivity index (χ0n) is 16.6. The lowest BCUT2D eigenvalue weighted by atomic mass is 9.68. The number of rotatable bonds is 5. The van der Waals surface area contributed by atoms with Crippen molar-refractivity contribution in [3.05, 3.63) is 95.1 Å². The van der Waals surface area contributed by atoms with Gasteiger partial charge in [-0.3, -0.25) is 9.80 Å². The van der Waals surface area contributed by atoms with Crippen LogP contribution in [0.25, 0.3) is 0 Å². The fraction of sp³-hybridized carbons (Fsp3) is 0.360. The Kier molecular flexibility index (Phi) is 6.01. The summed E-state index contributed by atoms with van der Waals surface area (Å²) in [5, 5.41) is 0.802. The van der Waals surface area contributed by atoms with Crippen LogP contribution in [0, 0.1) is 0 Å². The van der Waals surface area contributed by atoms with Gasteiger partial charge >= 0.3 is 0 Å². The summed E-state index contributed by atoms with van der Waals surface area (Å²) in [7, 11) is 0. The Hall–Kier alpha value is -1.87. The first kappa shape index (κ1) is 19.4. The summed E-state index contributed by atoms with van der Waals surface area (Å²) in [5.41, 5.74) is 2.75. The summed E-state index contributed by atoms with van der Waals surface area (Å²) < 4.78 is 0. The van der Waals surface area contributed by atoms with E-state index in [9.17, 15) is 0 Å². The third-order valence-corrected chi connectivity index (χ3v) is 6.56. The first-order valence-corrected chi connectivity index (χ1v) is 10.7. The average Bonchev–Trinajstić information content (AvgIpc) is 2.75. The highest BCUT2D eigenvalue weighted by molar-refractivity contribution is 6.30. The fourth-order valence-electron chi connectivity index (χ4n) is 4.78. The van der Waals surface area contributed by atoms with Gasteiger partial charge in [0.25, 0.3) is 0 Å². The molecule has 2 aromatic carbocycles. The Morgan fingerprint density at radius 3 is 2.46 bits per heavy atom. The van der Waals surface area contributed by atoms with E-state index in [4.69, 9.17) is 11.6 Å². The third-order valence-electron chi connectivity index (χ3n) is 6.30. The van der Waals surface area contributed by atoms with E-state index in [1.54, 1.807) is 0 Å². The molecule has 1 saturated heterocycles. The second-order valence-electron chi connectivity index (χ2n) is 7.90. The van der Waals surface area contributed by atoms with E-state index in [1.807, 2.05) is 12.1 Å². The van der Waals surface area contributed by atoms with Crippen LogP contribution in [0.1, 0.15) is 24.5 Å². The number of hydrogen-bond donors (Lipinski definition) is 0. The molecule has 0 spiro atoms. The van der Waals surface area contributed by atoms with Crippen molar-refractivity contribution in [1.82, 2.24) is 9.80 Å². The van der Waals surface area contributed by atoms with Crippen LogP contribution in [0.3, 0.4) is 0 Å². The topological polar surface area (TPSA) is 6.48 Å². The molecule has 1 aliphatic carbocycles. The number of allylic oxidation sites excluding steroid dienone is 3. The van der Waals surface area contributed by atoms with Crippen LogP contribution in [0.2, 0.25) is 5.02 Å². The predicted octanol–water partition coefficient (Wildman–Crippen LogP) is 5.30. The lowest BCUT2D eigenvalue weighted by Gasteiger charge is -2.50. The SMILES string of the molecule is CCN1CCN(Cc2ccccc2)C[C@@H]1C1(c2ccc(Cl)cc2)C=CC=CC1. The molecule has 28 heavy (non-hydrogen) atoms. The second-order valence-corrected chi connectivity index (χ2v) is 8.34. The number of halogens is 1. The van der Waals surface area contributed by atoms with Gasteiger partial charge < -0.3 is 0 Å². The van der Waals surface area contributed by atoms with Crippen LogP contribution in [0.15, 0.2) is 78.9 Å². The van der Waals surface area contributed by atoms with Crippen LogP contribution in [0.4, 0.5) is 0 Å². The molecule has 146 valence electrons. The smallest absolute Gasteiger partial charge is 0.0406 e. The van der Waals surface area contributed by atoms with E-state index >= 15 is 0 Å². The maximum atomic E-state index is 6.20. The van der Waals surface area contributed by atoms with Gasteiger partial charge in [-0.25, -0.2) is 0 Å². The van der Waals surface area contributed by atoms with Gasteiger partial charge in [0.15, 0.2) is 0 Å². The van der Waals surface area contributed by atoms with Crippen molar-refractivity contribution in [1.29, 1.82) is 0 Å². The molecule has 3 heteroatoms. The minimum absolute atomic E-state index is 0.00922. The van der Waals surface area contributed by atoms with Crippen molar-refractivity contribution in [2.75, 3.05) is 26.2 Å². The molecule has 2 nitrogen and oxygen atoms in total. The second kappa shape index (κ2) is 8.65. The summed E-state index contributed by atoms with van der Waals surface area (Å²) >= 11 is 6.20. The van der Waals surface area contributed by atoms with E-state index in [2.05, 4.69) is 83.5 Å². The number of nitrogens with zero attached hydrogens (tertiary/aromatic N) is 2. The van der Waals surface area contributed by atoms with Gasteiger partial charge in [-0.15, -0.1) is 0 Å². The highest BCUT2D eigenvalue weighted by Crippen LogP contribution is 2.40. The minimum atomic E-state index is -0.00922. The molecule has 0 aromatic heterocycles. The van der Waals surface area contributed by atoms with Gasteiger partial charge in [0.05, 0.1) is 0 Å². The maximum absolute atomic E-state index is 6.20. The molecule has 1 fully saturated rings. The first-order chi connectivity index (χ1) is 13.7. The molecule has 0 saturated carbocycles. The van der Waals surface area contributed by atoms with Crippen LogP contribution in [-0.2, 0) is 12.0 Å². The molecule has 1 heterocycles. The van der Waals surface area contributed by atoms with Gasteiger partial charge in [-0.2, -0.15) is 0 Å². The maximum Gasteiger partial charge on any atom is 0.0406 e. The normalized spacial score (nSPS) is 25.9. The third kappa shape index (κ3) is 3.96. The molecule has 0 bridgehead atoms. The lowest BCUT2D eigenvalue weighted by Crippen LogP contribution is -2.60. The molecule has 2 aromatic rings. The number of piperazine rings is 1. The molecular formula is C25H29ClN2. The van der Waals surface area contributed by atoms with Crippen LogP contribution >= 0.6 is 11.6 Å². The molecule has 0 N–H and O–H groups in total. The molecule has 0 amide bonds. The number of likely N-dealkylation sites (N-methyl/N-ethyl adjacent to an activating group) is 1. The summed E-state index contributed by atoms with van der Waals surface area (Å²) in [6.07, 6.45) is 10.2. The van der Waals surface area contributed by atoms with E-state index in [0.717, 1.165) is 44.2 Å². The summed E-state index contributed by atoms with van der Waals surface area (Å²) in [4.78, 5) is 5.29. The molecule has 4 rings (SSSR count). The van der Waals surface area contributed by atoms with Crippen LogP contribution in [0.5, 0.6) is 0 Å². The van der Waals surface area contributed by atoms with Crippen molar-refractivity contribution >= 4 is 11.6 Å². The lowest BCUT2D eigenvalue weighted by molar-refractivity contribution is 0.0404. The molecule has 2 aliphatic rings. The zero-order valence-corrected chi connectivity index (χ0v) is 17.4. The minimum Gasteiger partial charge on any atom is -0.297 e. The summed E-state index contributed by atoms with van der Waals surface area (Å²) in [6, 6.07) is 19.8. The quantitative estimate of drug-likeness (QED) is 0.681. The number of benzene rings is 2. The summed E-state index contributed by atoms with van der Waals surface area (Å²) in [6.45, 7) is 7.69. The Labute approximate surface area is 174 Å². The van der Waals surface area contributed by atoms with Crippen molar-refractivity contribution in [2.45, 2.75) is 31.3 Å². The first-order valence-electron chi connectivity index (χ1n) is 10.3. The van der Waals surface area contributed by atoms with Crippen molar-refractivity contribution in [3.8, 4) is 0 Å². The Morgan fingerprint density at radius 1 is 1.00 bits per heavy atom. The van der Waals surface area contributed by atoms with Gasteiger partial charge in [0.1, 0.15) is 0 Å². The molecule has 0 radical (unpaired) electrons. The zero-order chi connectivity index (χ0) is 19.4. The van der Waals surface area contributed by atoms with Crippen LogP contribution < -0.4 is 0 Å². The van der Waals surface area contributed by atoms with Crippen molar-refractivity contribution in [3.63, 3.8) is 0 Å². The average molecular weight is 393 g/mol. The Bertz CT molecular complexity index is 827. The molecule has 1 aliphatic heterocycles. The van der Waals surface area contributed by atoms with Gasteiger partial charge in [0, 0.05) is 42.7 Å². The Morgan fingerprint density at radius 2 is 1.79 bits per heavy atom. The summed E-state index contributed by atoms with van der Waals surface area (Å²) in [5.74, 6) is 0. The Balaban J connectivity index is 1.65. The molecular weight excluding hydrogens is 364 g/mol. The van der Waals surface area contributed by atoms with Crippen LogP contribution in [-0.4, -0.2) is 42.0 Å². The van der Waals surface area contributed by atoms with Gasteiger partial charge in [0.2, 0.25) is 0 Å². The fourth-order valence-corrected chi connectivity index (χ4v) is 4.91. The largest absolute Gasteiger partial charge is 0.297 e. The van der Waals surface area contributed by atoms with Gasteiger partial charge in [-0.05, 0) is 36.2 Å². The molecule has 2 atom stereocenters. The number of hydrogen-bond acceptors (Lipinski definition) is 2. The molecule has 1 unspecified atom stereocenters. The highest BCUT2D eigenvalue weighted by atomic mass is 35.5. The van der Waals surface area contributed by atoms with E-state index in [0.29, 0.717) is 6.04 Å². The van der Waals surface area contributed by atoms with E-state index in [1.165, 1.54) is 11.1 Å². The highest BCUT2D eigenvalue weighted by Gasteiger charge is 2.43. The van der Waals surface area contributed by atoms with Gasteiger partial charge in [-0.1, -0.05) is 85.3 Å². The van der Waals surface area contributed by atoms with E-state index < -0.39 is 0 Å². The predicted molar refractivity (Wildman–Crippen MR) is 119 cm³/mol. The monoisotopic (exact) mass is 392 g/mol. The van der Waals surface area contributed by atoms with Crippen molar-refractivity contribution in [2.24, 2.45) is 0 Å². The van der Waals surface area contributed by atoms with Crippen molar-refractivity contribution < 1.29 is 0 Å².